The molecule has 0 N–H and O–H groups in total. The highest BCUT2D eigenvalue weighted by atomic mass is 79.9. The molecule has 0 bridgehead atoms. The van der Waals surface area contributed by atoms with E-state index in [0.29, 0.717) is 19.8 Å². The molecule has 103 heavy (non-hydrogen) atoms. The Bertz CT molecular complexity index is 4210. The molecule has 0 aromatic heterocycles. The predicted molar refractivity (Wildman–Crippen MR) is 417 cm³/mol. The van der Waals surface area contributed by atoms with Crippen molar-refractivity contribution in [1.82, 2.24) is 19.6 Å². The monoisotopic (exact) mass is 1440 g/mol. The Morgan fingerprint density at radius 1 is 0.301 bits per heavy atom. The van der Waals surface area contributed by atoms with Gasteiger partial charge in [0.1, 0.15) is 37.1 Å². The zero-order valence-corrected chi connectivity index (χ0v) is 61.1. The van der Waals surface area contributed by atoms with Crippen LogP contribution in [0.4, 0.5) is 0 Å². The minimum Gasteiger partial charge on any atom is -0.489 e. The maximum atomic E-state index is 6.10. The van der Waals surface area contributed by atoms with Crippen molar-refractivity contribution in [2.75, 3.05) is 78.8 Å². The van der Waals surface area contributed by atoms with Gasteiger partial charge in [0.15, 0.2) is 0 Å². The molecular weight excluding hydrogens is 1340 g/mol. The normalized spacial score (nSPS) is 17.9. The highest BCUT2D eigenvalue weighted by Gasteiger charge is 2.27. The van der Waals surface area contributed by atoms with Gasteiger partial charge in [-0.2, -0.15) is 0 Å². The molecule has 11 aromatic rings. The van der Waals surface area contributed by atoms with Crippen molar-refractivity contribution in [3.05, 3.63) is 374 Å². The minimum atomic E-state index is 0.110. The third-order valence-corrected chi connectivity index (χ3v) is 19.5. The first-order valence-corrected chi connectivity index (χ1v) is 37.1. The molecule has 0 radical (unpaired) electrons. The van der Waals surface area contributed by atoms with Gasteiger partial charge in [0, 0.05) is 83.0 Å². The molecule has 4 unspecified atom stereocenters. The average molecular weight is 1440 g/mol. The lowest BCUT2D eigenvalue weighted by Crippen LogP contribution is -2.38. The molecule has 0 aliphatic carbocycles. The molecule has 4 heterocycles. The fourth-order valence-corrected chi connectivity index (χ4v) is 13.6. The minimum absolute atomic E-state index is 0.110. The summed E-state index contributed by atoms with van der Waals surface area (Å²) in [7, 11) is 0. The van der Waals surface area contributed by atoms with Crippen molar-refractivity contribution in [1.29, 1.82) is 0 Å². The Morgan fingerprint density at radius 3 is 0.990 bits per heavy atom. The maximum Gasteiger partial charge on any atom is 0.122 e. The van der Waals surface area contributed by atoms with E-state index < -0.39 is 0 Å². The standard InChI is InChI=1S/2C25H27NO2.C24H25NO2.C17H18BrNO/c1-20-16-23(28-19-22-10-6-3-7-11-22)12-13-24(20)25-18-26(14-15-27-25)17-21-8-4-2-5-9-21;1-20-16-23(12-13-24(20)28-19-22-10-6-3-7-11-22)25-18-26(14-15-27-25)17-21-8-4-2-5-9-21;1-3-7-20(8-4-1)17-25-15-16-26-24(18-25)22-11-13-23(14-12-22)27-19-21-9-5-2-6-10-21;18-16-8-6-15(7-9-16)17-13-19(10-11-20-17)12-14-4-2-1-3-5-14/h2*2-13,16,25H,14-15,17-19H2,1H3;1-14,24H,15-19H2;1-9,17H,10-13H2. The second kappa shape index (κ2) is 39.6. The van der Waals surface area contributed by atoms with Crippen molar-refractivity contribution >= 4 is 15.9 Å². The van der Waals surface area contributed by atoms with Crippen LogP contribution >= 0.6 is 15.9 Å². The topological polar surface area (TPSA) is 77.6 Å². The largest absolute Gasteiger partial charge is 0.489 e. The van der Waals surface area contributed by atoms with Crippen LogP contribution < -0.4 is 14.2 Å². The summed E-state index contributed by atoms with van der Waals surface area (Å²) in [5, 5.41) is 0. The number of hydrogen-bond acceptors (Lipinski definition) is 11. The van der Waals surface area contributed by atoms with Gasteiger partial charge in [0.05, 0.1) is 50.8 Å². The summed E-state index contributed by atoms with van der Waals surface area (Å²) < 4.78 is 43.1. The van der Waals surface area contributed by atoms with Crippen LogP contribution in [0.25, 0.3) is 0 Å². The summed E-state index contributed by atoms with van der Waals surface area (Å²) in [4.78, 5) is 9.87. The van der Waals surface area contributed by atoms with Gasteiger partial charge in [-0.15, -0.1) is 0 Å². The molecule has 4 aliphatic heterocycles. The molecule has 0 saturated carbocycles. The maximum absolute atomic E-state index is 6.10. The lowest BCUT2D eigenvalue weighted by molar-refractivity contribution is -0.0332. The third-order valence-electron chi connectivity index (χ3n) is 19.0. The van der Waals surface area contributed by atoms with Gasteiger partial charge in [0.2, 0.25) is 0 Å². The third kappa shape index (κ3) is 23.8. The Balaban J connectivity index is 0.000000130. The number of aryl methyl sites for hydroxylation is 2. The molecule has 4 atom stereocenters. The van der Waals surface area contributed by atoms with Crippen molar-refractivity contribution < 1.29 is 33.2 Å². The number of morpholine rings is 4. The average Bonchev–Trinajstić information content (AvgIpc) is 0.843. The Hall–Kier alpha value is -9.02. The SMILES string of the molecule is Brc1ccc(C2CN(Cc3ccccc3)CCO2)cc1.Cc1cc(C2CN(Cc3ccccc3)CCO2)ccc1OCc1ccccc1.Cc1cc(OCc2ccccc2)ccc1C1CN(Cc2ccccc2)CCO1.c1ccc(COc2ccc(C3CN(Cc4ccccc4)CCO3)cc2)cc1. The molecule has 12 heteroatoms. The van der Waals surface area contributed by atoms with Gasteiger partial charge in [-0.3, -0.25) is 19.6 Å². The Kier molecular flexibility index (Phi) is 28.3. The highest BCUT2D eigenvalue weighted by Crippen LogP contribution is 2.32. The highest BCUT2D eigenvalue weighted by molar-refractivity contribution is 9.10. The second-order valence-electron chi connectivity index (χ2n) is 26.8. The quantitative estimate of drug-likeness (QED) is 0.0690. The van der Waals surface area contributed by atoms with E-state index in [4.69, 9.17) is 33.2 Å². The first kappa shape index (κ1) is 73.7. The number of rotatable bonds is 21. The van der Waals surface area contributed by atoms with Crippen LogP contribution in [0.2, 0.25) is 0 Å². The van der Waals surface area contributed by atoms with Gasteiger partial charge >= 0.3 is 0 Å². The van der Waals surface area contributed by atoms with Crippen molar-refractivity contribution in [2.45, 2.75) is 84.3 Å². The molecule has 0 amide bonds. The molecule has 11 aromatic carbocycles. The van der Waals surface area contributed by atoms with Gasteiger partial charge in [-0.25, -0.2) is 0 Å². The zero-order valence-electron chi connectivity index (χ0n) is 59.6. The molecular formula is C91H97BrN4O7. The summed E-state index contributed by atoms with van der Waals surface area (Å²) in [5.74, 6) is 2.73. The molecule has 15 rings (SSSR count). The fraction of sp³-hybridized carbons (Fsp3) is 0.275. The molecule has 530 valence electrons. The van der Waals surface area contributed by atoms with Gasteiger partial charge < -0.3 is 33.2 Å². The molecule has 11 nitrogen and oxygen atoms in total. The number of nitrogens with zero attached hydrogens (tertiary/aromatic N) is 4. The van der Waals surface area contributed by atoms with E-state index in [1.807, 2.05) is 66.7 Å². The molecule has 4 saturated heterocycles. The van der Waals surface area contributed by atoms with E-state index in [0.717, 1.165) is 132 Å². The van der Waals surface area contributed by atoms with Crippen LogP contribution in [-0.4, -0.2) is 98.4 Å². The lowest BCUT2D eigenvalue weighted by atomic mass is 10.0. The predicted octanol–water partition coefficient (Wildman–Crippen LogP) is 19.2. The van der Waals surface area contributed by atoms with Crippen molar-refractivity contribution in [3.63, 3.8) is 0 Å². The van der Waals surface area contributed by atoms with Crippen molar-refractivity contribution in [2.24, 2.45) is 0 Å². The van der Waals surface area contributed by atoms with Crippen LogP contribution in [0.5, 0.6) is 17.2 Å². The van der Waals surface area contributed by atoms with Gasteiger partial charge in [0.25, 0.3) is 0 Å². The summed E-state index contributed by atoms with van der Waals surface area (Å²) in [5.41, 5.74) is 16.3. The molecule has 0 spiro atoms. The van der Waals surface area contributed by atoms with Crippen molar-refractivity contribution in [3.8, 4) is 17.2 Å². The van der Waals surface area contributed by atoms with Gasteiger partial charge in [-0.05, 0) is 135 Å². The van der Waals surface area contributed by atoms with Crippen LogP contribution in [0.15, 0.2) is 302 Å². The van der Waals surface area contributed by atoms with E-state index in [-0.39, 0.29) is 24.4 Å². The smallest absolute Gasteiger partial charge is 0.122 e. The number of ether oxygens (including phenoxy) is 7. The van der Waals surface area contributed by atoms with E-state index in [1.54, 1.807) is 0 Å². The summed E-state index contributed by atoms with van der Waals surface area (Å²) in [6.07, 6.45) is 0.520. The lowest BCUT2D eigenvalue weighted by Gasteiger charge is -2.34. The number of halogens is 1. The van der Waals surface area contributed by atoms with Crippen LogP contribution in [0.1, 0.15) is 96.7 Å². The second-order valence-corrected chi connectivity index (χ2v) is 27.7. The van der Waals surface area contributed by atoms with Gasteiger partial charge in [-0.1, -0.05) is 265 Å². The van der Waals surface area contributed by atoms with E-state index in [1.165, 1.54) is 66.8 Å². The first-order valence-electron chi connectivity index (χ1n) is 36.3. The number of hydrogen-bond donors (Lipinski definition) is 0. The van der Waals surface area contributed by atoms with E-state index in [9.17, 15) is 0 Å². The zero-order chi connectivity index (χ0) is 70.5. The summed E-state index contributed by atoms with van der Waals surface area (Å²) >= 11 is 3.47. The van der Waals surface area contributed by atoms with Crippen LogP contribution in [0.3, 0.4) is 0 Å². The molecule has 4 fully saturated rings. The summed E-state index contributed by atoms with van der Waals surface area (Å²) in [6.45, 7) is 20.7. The van der Waals surface area contributed by atoms with E-state index >= 15 is 0 Å². The first-order chi connectivity index (χ1) is 50.7. The number of benzene rings is 11. The van der Waals surface area contributed by atoms with Crippen LogP contribution in [-0.2, 0) is 64.9 Å². The van der Waals surface area contributed by atoms with E-state index in [2.05, 4.69) is 280 Å². The Morgan fingerprint density at radius 2 is 0.612 bits per heavy atom. The summed E-state index contributed by atoms with van der Waals surface area (Å²) in [6, 6.07) is 103. The van der Waals surface area contributed by atoms with Crippen LogP contribution in [0, 0.1) is 13.8 Å². The molecule has 4 aliphatic rings. The fourth-order valence-electron chi connectivity index (χ4n) is 13.4. The Labute approximate surface area is 619 Å².